The summed E-state index contributed by atoms with van der Waals surface area (Å²) in [4.78, 5) is 11.4. The van der Waals surface area contributed by atoms with Crippen molar-refractivity contribution < 1.29 is 4.79 Å². The van der Waals surface area contributed by atoms with Gasteiger partial charge in [-0.25, -0.2) is 0 Å². The van der Waals surface area contributed by atoms with Crippen LogP contribution in [0.1, 0.15) is 16.2 Å². The van der Waals surface area contributed by atoms with Gasteiger partial charge < -0.3 is 11.1 Å². The second-order valence-electron chi connectivity index (χ2n) is 2.84. The van der Waals surface area contributed by atoms with Crippen LogP contribution in [-0.2, 0) is 7.05 Å². The van der Waals surface area contributed by atoms with Crippen LogP contribution >= 0.6 is 0 Å². The second kappa shape index (κ2) is 4.04. The van der Waals surface area contributed by atoms with Gasteiger partial charge in [-0.3, -0.25) is 9.48 Å². The molecule has 5 heteroatoms. The molecule has 0 saturated heterocycles. The van der Waals surface area contributed by atoms with Gasteiger partial charge in [-0.15, -0.1) is 0 Å². The maximum Gasteiger partial charge on any atom is 0.269 e. The SMILES string of the molecule is Cc1cc(C(=O)NCCN)n(C)n1. The van der Waals surface area contributed by atoms with Crippen molar-refractivity contribution in [2.75, 3.05) is 13.1 Å². The summed E-state index contributed by atoms with van der Waals surface area (Å²) in [6.45, 7) is 2.78. The van der Waals surface area contributed by atoms with E-state index >= 15 is 0 Å². The minimum absolute atomic E-state index is 0.131. The number of nitrogens with one attached hydrogen (secondary N) is 1. The molecule has 5 nitrogen and oxygen atoms in total. The summed E-state index contributed by atoms with van der Waals surface area (Å²) in [5.74, 6) is -0.131. The van der Waals surface area contributed by atoms with Gasteiger partial charge >= 0.3 is 0 Å². The van der Waals surface area contributed by atoms with E-state index in [-0.39, 0.29) is 5.91 Å². The van der Waals surface area contributed by atoms with Crippen molar-refractivity contribution in [1.29, 1.82) is 0 Å². The van der Waals surface area contributed by atoms with E-state index in [1.165, 1.54) is 0 Å². The first kappa shape index (κ1) is 9.73. The fraction of sp³-hybridized carbons (Fsp3) is 0.500. The maximum atomic E-state index is 11.4. The second-order valence-corrected chi connectivity index (χ2v) is 2.84. The Morgan fingerprint density at radius 1 is 1.77 bits per heavy atom. The number of carbonyl (C=O) groups excluding carboxylic acids is 1. The van der Waals surface area contributed by atoms with Gasteiger partial charge in [0.25, 0.3) is 5.91 Å². The molecule has 0 bridgehead atoms. The molecule has 1 aromatic rings. The van der Waals surface area contributed by atoms with Crippen molar-refractivity contribution in [2.45, 2.75) is 6.92 Å². The normalized spacial score (nSPS) is 10.1. The van der Waals surface area contributed by atoms with E-state index in [0.29, 0.717) is 18.8 Å². The lowest BCUT2D eigenvalue weighted by Crippen LogP contribution is -2.30. The Balaban J connectivity index is 2.70. The number of nitrogens with zero attached hydrogens (tertiary/aromatic N) is 2. The molecule has 0 fully saturated rings. The van der Waals surface area contributed by atoms with Crippen LogP contribution in [-0.4, -0.2) is 28.8 Å². The Morgan fingerprint density at radius 3 is 2.92 bits per heavy atom. The highest BCUT2D eigenvalue weighted by Gasteiger charge is 2.09. The van der Waals surface area contributed by atoms with E-state index in [0.717, 1.165) is 5.69 Å². The van der Waals surface area contributed by atoms with Crippen LogP contribution in [0.5, 0.6) is 0 Å². The molecule has 0 aromatic carbocycles. The Bertz CT molecular complexity index is 305. The van der Waals surface area contributed by atoms with Crippen molar-refractivity contribution in [2.24, 2.45) is 12.8 Å². The summed E-state index contributed by atoms with van der Waals surface area (Å²) < 4.78 is 1.56. The van der Waals surface area contributed by atoms with E-state index in [1.54, 1.807) is 17.8 Å². The van der Waals surface area contributed by atoms with Crippen LogP contribution in [0, 0.1) is 6.92 Å². The largest absolute Gasteiger partial charge is 0.349 e. The summed E-state index contributed by atoms with van der Waals surface area (Å²) in [6, 6.07) is 1.74. The Labute approximate surface area is 76.9 Å². The molecule has 3 N–H and O–H groups in total. The standard InChI is InChI=1S/C8H14N4O/c1-6-5-7(12(2)11-6)8(13)10-4-3-9/h5H,3-4,9H2,1-2H3,(H,10,13). The Hall–Kier alpha value is -1.36. The van der Waals surface area contributed by atoms with Gasteiger partial charge in [0.2, 0.25) is 0 Å². The monoisotopic (exact) mass is 182 g/mol. The lowest BCUT2D eigenvalue weighted by Gasteiger charge is -2.02. The predicted octanol–water partition coefficient (Wildman–Crippen LogP) is -0.583. The number of rotatable bonds is 3. The highest BCUT2D eigenvalue weighted by Crippen LogP contribution is 2.00. The van der Waals surface area contributed by atoms with Gasteiger partial charge in [0.15, 0.2) is 0 Å². The summed E-state index contributed by atoms with van der Waals surface area (Å²) >= 11 is 0. The fourth-order valence-corrected chi connectivity index (χ4v) is 1.10. The highest BCUT2D eigenvalue weighted by molar-refractivity contribution is 5.92. The van der Waals surface area contributed by atoms with E-state index in [1.807, 2.05) is 6.92 Å². The van der Waals surface area contributed by atoms with Crippen LogP contribution in [0.4, 0.5) is 0 Å². The van der Waals surface area contributed by atoms with Gasteiger partial charge in [-0.2, -0.15) is 5.10 Å². The summed E-state index contributed by atoms with van der Waals surface area (Å²) in [7, 11) is 1.74. The molecule has 0 spiro atoms. The van der Waals surface area contributed by atoms with E-state index < -0.39 is 0 Å². The van der Waals surface area contributed by atoms with Gasteiger partial charge in [0.1, 0.15) is 5.69 Å². The first-order valence-electron chi connectivity index (χ1n) is 4.14. The fourth-order valence-electron chi connectivity index (χ4n) is 1.10. The minimum Gasteiger partial charge on any atom is -0.349 e. The number of nitrogens with two attached hydrogens (primary N) is 1. The number of hydrogen-bond donors (Lipinski definition) is 2. The lowest BCUT2D eigenvalue weighted by atomic mass is 10.3. The topological polar surface area (TPSA) is 72.9 Å². The molecule has 0 radical (unpaired) electrons. The molecule has 72 valence electrons. The van der Waals surface area contributed by atoms with Crippen molar-refractivity contribution in [3.8, 4) is 0 Å². The van der Waals surface area contributed by atoms with Crippen LogP contribution in [0.25, 0.3) is 0 Å². The van der Waals surface area contributed by atoms with Gasteiger partial charge in [0, 0.05) is 20.1 Å². The maximum absolute atomic E-state index is 11.4. The third-order valence-corrected chi connectivity index (χ3v) is 1.66. The number of hydrogen-bond acceptors (Lipinski definition) is 3. The Kier molecular flexibility index (Phi) is 3.02. The van der Waals surface area contributed by atoms with Crippen LogP contribution in [0.15, 0.2) is 6.07 Å². The third kappa shape index (κ3) is 2.29. The molecule has 1 amide bonds. The molecule has 0 aliphatic rings. The van der Waals surface area contributed by atoms with Crippen LogP contribution in [0.2, 0.25) is 0 Å². The first-order valence-corrected chi connectivity index (χ1v) is 4.14. The molecule has 13 heavy (non-hydrogen) atoms. The molecule has 0 unspecified atom stereocenters. The average Bonchev–Trinajstić information content (AvgIpc) is 2.41. The molecule has 1 rings (SSSR count). The van der Waals surface area contributed by atoms with Gasteiger partial charge in [0.05, 0.1) is 5.69 Å². The summed E-state index contributed by atoms with van der Waals surface area (Å²) in [6.07, 6.45) is 0. The zero-order valence-electron chi connectivity index (χ0n) is 7.87. The molecule has 0 aliphatic carbocycles. The summed E-state index contributed by atoms with van der Waals surface area (Å²) in [5.41, 5.74) is 6.66. The lowest BCUT2D eigenvalue weighted by molar-refractivity contribution is 0.0945. The number of carbonyl (C=O) groups is 1. The van der Waals surface area contributed by atoms with E-state index in [2.05, 4.69) is 10.4 Å². The van der Waals surface area contributed by atoms with Gasteiger partial charge in [-0.05, 0) is 13.0 Å². The molecule has 1 aromatic heterocycles. The first-order chi connectivity index (χ1) is 6.15. The Morgan fingerprint density at radius 2 is 2.46 bits per heavy atom. The zero-order valence-corrected chi connectivity index (χ0v) is 7.87. The van der Waals surface area contributed by atoms with Gasteiger partial charge in [-0.1, -0.05) is 0 Å². The van der Waals surface area contributed by atoms with Crippen molar-refractivity contribution in [1.82, 2.24) is 15.1 Å². The minimum atomic E-state index is -0.131. The van der Waals surface area contributed by atoms with Crippen molar-refractivity contribution in [3.63, 3.8) is 0 Å². The van der Waals surface area contributed by atoms with Crippen molar-refractivity contribution >= 4 is 5.91 Å². The molecular weight excluding hydrogens is 168 g/mol. The highest BCUT2D eigenvalue weighted by atomic mass is 16.2. The molecule has 0 aliphatic heterocycles. The average molecular weight is 182 g/mol. The predicted molar refractivity (Wildman–Crippen MR) is 49.3 cm³/mol. The molecule has 1 heterocycles. The van der Waals surface area contributed by atoms with Crippen molar-refractivity contribution in [3.05, 3.63) is 17.5 Å². The molecule has 0 saturated carbocycles. The number of aromatic nitrogens is 2. The van der Waals surface area contributed by atoms with E-state index in [9.17, 15) is 4.79 Å². The summed E-state index contributed by atoms with van der Waals surface area (Å²) in [5, 5.41) is 6.74. The number of aryl methyl sites for hydroxylation is 2. The molecular formula is C8H14N4O. The zero-order chi connectivity index (χ0) is 9.84. The van der Waals surface area contributed by atoms with Crippen LogP contribution in [0.3, 0.4) is 0 Å². The smallest absolute Gasteiger partial charge is 0.269 e. The van der Waals surface area contributed by atoms with E-state index in [4.69, 9.17) is 5.73 Å². The number of amides is 1. The van der Waals surface area contributed by atoms with Crippen LogP contribution < -0.4 is 11.1 Å². The molecule has 0 atom stereocenters. The quantitative estimate of drug-likeness (QED) is 0.656. The third-order valence-electron chi connectivity index (χ3n) is 1.66.